The number of nitrogens with one attached hydrogen (secondary N) is 2. The van der Waals surface area contributed by atoms with Crippen molar-refractivity contribution >= 4 is 43.1 Å². The smallest absolute Gasteiger partial charge is 0.257 e. The highest BCUT2D eigenvalue weighted by Crippen LogP contribution is 2.30. The van der Waals surface area contributed by atoms with Crippen LogP contribution in [0.15, 0.2) is 83.7 Å². The van der Waals surface area contributed by atoms with Gasteiger partial charge in [-0.05, 0) is 85.6 Å². The zero-order chi connectivity index (χ0) is 28.2. The molecule has 0 saturated carbocycles. The predicted molar refractivity (Wildman–Crippen MR) is 160 cm³/mol. The first kappa shape index (κ1) is 27.3. The average molecular weight is 557 g/mol. The van der Waals surface area contributed by atoms with Crippen LogP contribution in [0.25, 0.3) is 20.2 Å². The number of carbonyl (C=O) groups excluding carboxylic acids is 1. The van der Waals surface area contributed by atoms with Crippen LogP contribution in [0.3, 0.4) is 0 Å². The Morgan fingerprint density at radius 1 is 0.925 bits per heavy atom. The topological polar surface area (TPSA) is 76.7 Å². The fourth-order valence-electron chi connectivity index (χ4n) is 4.65. The number of benzene rings is 4. The number of carbonyl (C=O) groups is 1. The van der Waals surface area contributed by atoms with Crippen molar-refractivity contribution in [1.82, 2.24) is 5.32 Å². The Bertz CT molecular complexity index is 1750. The molecule has 1 amide bonds. The summed E-state index contributed by atoms with van der Waals surface area (Å²) in [5.41, 5.74) is 3.02. The highest BCUT2D eigenvalue weighted by molar-refractivity contribution is 7.24. The van der Waals surface area contributed by atoms with E-state index >= 15 is 0 Å². The van der Waals surface area contributed by atoms with Crippen molar-refractivity contribution in [2.24, 2.45) is 0 Å². The van der Waals surface area contributed by atoms with Gasteiger partial charge in [-0.3, -0.25) is 9.59 Å². The van der Waals surface area contributed by atoms with E-state index in [1.165, 1.54) is 23.5 Å². The molecule has 0 aliphatic rings. The van der Waals surface area contributed by atoms with Gasteiger partial charge in [-0.1, -0.05) is 24.3 Å². The van der Waals surface area contributed by atoms with Crippen molar-refractivity contribution in [2.45, 2.75) is 19.4 Å². The van der Waals surface area contributed by atoms with Crippen molar-refractivity contribution in [3.8, 4) is 11.5 Å². The lowest BCUT2D eigenvalue weighted by Gasteiger charge is -2.16. The number of amides is 1. The molecule has 1 heterocycles. The van der Waals surface area contributed by atoms with Gasteiger partial charge >= 0.3 is 0 Å². The Balaban J connectivity index is 1.23. The highest BCUT2D eigenvalue weighted by atomic mass is 32.1. The number of rotatable bonds is 9. The van der Waals surface area contributed by atoms with Gasteiger partial charge in [-0.25, -0.2) is 4.39 Å². The molecule has 1 unspecified atom stereocenters. The molecule has 0 bridgehead atoms. The van der Waals surface area contributed by atoms with Gasteiger partial charge in [0.25, 0.3) is 5.91 Å². The Morgan fingerprint density at radius 3 is 2.45 bits per heavy atom. The average Bonchev–Trinajstić information content (AvgIpc) is 2.97. The molecule has 40 heavy (non-hydrogen) atoms. The Labute approximate surface area is 235 Å². The summed E-state index contributed by atoms with van der Waals surface area (Å²) >= 11 is 1.31. The second-order valence-corrected chi connectivity index (χ2v) is 10.5. The largest absolute Gasteiger partial charge is 0.493 e. The Kier molecular flexibility index (Phi) is 8.09. The van der Waals surface area contributed by atoms with Gasteiger partial charge in [0.05, 0.1) is 24.5 Å². The summed E-state index contributed by atoms with van der Waals surface area (Å²) in [6.45, 7) is 2.87. The number of fused-ring (bicyclic) bond motifs is 2. The fourth-order valence-corrected chi connectivity index (χ4v) is 5.81. The van der Waals surface area contributed by atoms with Crippen LogP contribution in [0.4, 0.5) is 10.1 Å². The molecular formula is C32H29FN2O4S. The first-order chi connectivity index (χ1) is 19.4. The van der Waals surface area contributed by atoms with E-state index in [-0.39, 0.29) is 17.4 Å². The van der Waals surface area contributed by atoms with E-state index in [0.29, 0.717) is 42.9 Å². The summed E-state index contributed by atoms with van der Waals surface area (Å²) in [6, 6.07) is 22.9. The van der Waals surface area contributed by atoms with Gasteiger partial charge in [0.15, 0.2) is 16.9 Å². The maximum atomic E-state index is 13.7. The van der Waals surface area contributed by atoms with Crippen molar-refractivity contribution < 1.29 is 18.7 Å². The molecule has 2 N–H and O–H groups in total. The molecule has 8 heteroatoms. The van der Waals surface area contributed by atoms with Crippen molar-refractivity contribution in [1.29, 1.82) is 0 Å². The first-order valence-corrected chi connectivity index (χ1v) is 13.7. The van der Waals surface area contributed by atoms with E-state index in [9.17, 15) is 14.0 Å². The molecule has 204 valence electrons. The van der Waals surface area contributed by atoms with Crippen molar-refractivity contribution in [3.05, 3.63) is 112 Å². The van der Waals surface area contributed by atoms with Crippen LogP contribution in [0.1, 0.15) is 34.5 Å². The molecule has 5 aromatic rings. The molecule has 0 saturated heterocycles. The maximum absolute atomic E-state index is 13.7. The molecule has 1 atom stereocenters. The third-order valence-corrected chi connectivity index (χ3v) is 8.11. The Morgan fingerprint density at radius 2 is 1.70 bits per heavy atom. The summed E-state index contributed by atoms with van der Waals surface area (Å²) in [4.78, 5) is 26.2. The first-order valence-electron chi connectivity index (χ1n) is 12.9. The Hall–Kier alpha value is -4.27. The van der Waals surface area contributed by atoms with Gasteiger partial charge in [-0.15, -0.1) is 11.3 Å². The van der Waals surface area contributed by atoms with E-state index in [1.54, 1.807) is 38.5 Å². The van der Waals surface area contributed by atoms with Gasteiger partial charge in [-0.2, -0.15) is 0 Å². The van der Waals surface area contributed by atoms with E-state index in [2.05, 4.69) is 17.6 Å². The monoisotopic (exact) mass is 556 g/mol. The minimum absolute atomic E-state index is 0.130. The normalized spacial score (nSPS) is 11.9. The lowest BCUT2D eigenvalue weighted by Crippen LogP contribution is -2.21. The molecule has 4 aromatic carbocycles. The molecule has 1 aromatic heterocycles. The van der Waals surface area contributed by atoms with Crippen LogP contribution in [0.2, 0.25) is 0 Å². The number of hydrogen-bond donors (Lipinski definition) is 2. The standard InChI is InChI=1S/C32H29FN2O4S/c1-19(21-9-13-27(38-2)28(17-21)39-3)34-16-15-20-7-11-23(12-8-20)35-32(37)25-6-4-5-24-30(36)26-18-22(33)10-14-29(26)40-31(24)25/h4-14,17-19,34H,15-16H2,1-3H3,(H,35,37). The van der Waals surface area contributed by atoms with Crippen LogP contribution in [0, 0.1) is 5.82 Å². The minimum Gasteiger partial charge on any atom is -0.493 e. The number of methoxy groups -OCH3 is 2. The van der Waals surface area contributed by atoms with Gasteiger partial charge < -0.3 is 20.1 Å². The van der Waals surface area contributed by atoms with Gasteiger partial charge in [0.2, 0.25) is 0 Å². The van der Waals surface area contributed by atoms with Gasteiger partial charge in [0.1, 0.15) is 5.82 Å². The molecule has 0 radical (unpaired) electrons. The number of hydrogen-bond acceptors (Lipinski definition) is 6. The maximum Gasteiger partial charge on any atom is 0.257 e. The van der Waals surface area contributed by atoms with Crippen molar-refractivity contribution in [2.75, 3.05) is 26.1 Å². The van der Waals surface area contributed by atoms with E-state index < -0.39 is 5.82 Å². The molecule has 0 fully saturated rings. The van der Waals surface area contributed by atoms with Crippen LogP contribution < -0.4 is 25.5 Å². The lowest BCUT2D eigenvalue weighted by molar-refractivity contribution is 0.102. The second kappa shape index (κ2) is 11.9. The minimum atomic E-state index is -0.461. The third-order valence-electron chi connectivity index (χ3n) is 6.89. The molecule has 0 spiro atoms. The summed E-state index contributed by atoms with van der Waals surface area (Å²) in [7, 11) is 3.25. The number of anilines is 1. The van der Waals surface area contributed by atoms with E-state index in [1.807, 2.05) is 42.5 Å². The summed E-state index contributed by atoms with van der Waals surface area (Å²) in [6.07, 6.45) is 0.816. The van der Waals surface area contributed by atoms with Crippen LogP contribution in [-0.4, -0.2) is 26.7 Å². The SMILES string of the molecule is COc1ccc(C(C)NCCc2ccc(NC(=O)c3cccc4c(=O)c5cc(F)ccc5sc34)cc2)cc1OC. The number of ether oxygens (including phenoxy) is 2. The fraction of sp³-hybridized carbons (Fsp3) is 0.188. The quantitative estimate of drug-likeness (QED) is 0.197. The second-order valence-electron chi connectivity index (χ2n) is 9.45. The molecule has 5 rings (SSSR count). The molecule has 0 aliphatic carbocycles. The molecule has 6 nitrogen and oxygen atoms in total. The van der Waals surface area contributed by atoms with Crippen molar-refractivity contribution in [3.63, 3.8) is 0 Å². The van der Waals surface area contributed by atoms with Gasteiger partial charge in [0, 0.05) is 27.2 Å². The number of halogens is 1. The molecule has 0 aliphatic heterocycles. The predicted octanol–water partition coefficient (Wildman–Crippen LogP) is 6.72. The lowest BCUT2D eigenvalue weighted by atomic mass is 10.1. The highest BCUT2D eigenvalue weighted by Gasteiger charge is 2.15. The zero-order valence-corrected chi connectivity index (χ0v) is 23.2. The van der Waals surface area contributed by atoms with Crippen LogP contribution in [0.5, 0.6) is 11.5 Å². The summed E-state index contributed by atoms with van der Waals surface area (Å²) in [5.74, 6) is 0.636. The third kappa shape index (κ3) is 5.68. The van der Waals surface area contributed by atoms with E-state index in [4.69, 9.17) is 9.47 Å². The van der Waals surface area contributed by atoms with Crippen LogP contribution >= 0.6 is 11.3 Å². The summed E-state index contributed by atoms with van der Waals surface area (Å²) in [5, 5.41) is 7.19. The zero-order valence-electron chi connectivity index (χ0n) is 22.4. The molecular weight excluding hydrogens is 527 g/mol. The summed E-state index contributed by atoms with van der Waals surface area (Å²) < 4.78 is 25.6. The van der Waals surface area contributed by atoms with Crippen LogP contribution in [-0.2, 0) is 6.42 Å². The van der Waals surface area contributed by atoms with E-state index in [0.717, 1.165) is 24.1 Å².